The molecule has 0 spiro atoms. The molecule has 0 atom stereocenters. The number of aromatic hydroxyl groups is 1. The summed E-state index contributed by atoms with van der Waals surface area (Å²) in [6.07, 6.45) is -2.03. The molecule has 0 bridgehead atoms. The average Bonchev–Trinajstić information content (AvgIpc) is 2.74. The summed E-state index contributed by atoms with van der Waals surface area (Å²) in [5.74, 6) is -0.595. The molecule has 12 heteroatoms. The number of amides is 1. The Morgan fingerprint density at radius 1 is 1.12 bits per heavy atom. The number of pyridine rings is 1. The van der Waals surface area contributed by atoms with Gasteiger partial charge in [-0.2, -0.15) is 13.2 Å². The van der Waals surface area contributed by atoms with Gasteiger partial charge in [-0.15, -0.1) is 0 Å². The van der Waals surface area contributed by atoms with E-state index in [0.29, 0.717) is 23.1 Å². The molecule has 2 heterocycles. The van der Waals surface area contributed by atoms with Crippen molar-refractivity contribution in [3.63, 3.8) is 0 Å². The molecule has 34 heavy (non-hydrogen) atoms. The van der Waals surface area contributed by atoms with Crippen LogP contribution in [0.1, 0.15) is 21.5 Å². The number of alkyl halides is 3. The van der Waals surface area contributed by atoms with Crippen molar-refractivity contribution < 1.29 is 31.5 Å². The zero-order chi connectivity index (χ0) is 24.8. The largest absolute Gasteiger partial charge is 0.504 e. The van der Waals surface area contributed by atoms with Crippen LogP contribution in [0.3, 0.4) is 0 Å². The predicted molar refractivity (Wildman–Crippen MR) is 124 cm³/mol. The first-order chi connectivity index (χ1) is 15.8. The fourth-order valence-corrected chi connectivity index (χ4v) is 4.84. The first kappa shape index (κ1) is 24.0. The Bertz CT molecular complexity index is 1410. The molecule has 2 aromatic carbocycles. The third kappa shape index (κ3) is 4.87. The second kappa shape index (κ2) is 8.58. The minimum Gasteiger partial charge on any atom is -0.504 e. The van der Waals surface area contributed by atoms with Crippen LogP contribution in [-0.2, 0) is 22.6 Å². The number of nitrogens with zero attached hydrogens (tertiary/aromatic N) is 2. The quantitative estimate of drug-likeness (QED) is 0.481. The van der Waals surface area contributed by atoms with Gasteiger partial charge in [0, 0.05) is 22.6 Å². The van der Waals surface area contributed by atoms with E-state index < -0.39 is 21.8 Å². The van der Waals surface area contributed by atoms with Crippen LogP contribution in [0.4, 0.5) is 24.7 Å². The normalized spacial score (nSPS) is 14.1. The summed E-state index contributed by atoms with van der Waals surface area (Å²) in [4.78, 5) is 18.5. The molecule has 1 amide bonds. The fraction of sp³-hybridized carbons (Fsp3) is 0.182. The van der Waals surface area contributed by atoms with Crippen molar-refractivity contribution in [1.29, 1.82) is 0 Å². The van der Waals surface area contributed by atoms with Crippen LogP contribution in [0.2, 0.25) is 0 Å². The van der Waals surface area contributed by atoms with Gasteiger partial charge >= 0.3 is 6.18 Å². The maximum atomic E-state index is 13.1. The van der Waals surface area contributed by atoms with Crippen LogP contribution in [-0.4, -0.2) is 37.2 Å². The average molecular weight is 556 g/mol. The zero-order valence-corrected chi connectivity index (χ0v) is 19.9. The molecule has 0 aliphatic carbocycles. The number of rotatable bonds is 4. The number of carbonyl (C=O) groups excluding carboxylic acids is 1. The second-order valence-electron chi connectivity index (χ2n) is 7.70. The molecule has 4 rings (SSSR count). The summed E-state index contributed by atoms with van der Waals surface area (Å²) < 4.78 is 64.4. The van der Waals surface area contributed by atoms with Crippen molar-refractivity contribution >= 4 is 43.4 Å². The Balaban J connectivity index is 1.64. The maximum absolute atomic E-state index is 13.1. The van der Waals surface area contributed by atoms with Crippen LogP contribution in [0.5, 0.6) is 5.75 Å². The van der Waals surface area contributed by atoms with Gasteiger partial charge < -0.3 is 5.11 Å². The number of fused-ring (bicyclic) bond motifs is 1. The number of aromatic nitrogens is 1. The maximum Gasteiger partial charge on any atom is 0.416 e. The molecular formula is C22H17BrF3N3O4S. The van der Waals surface area contributed by atoms with Gasteiger partial charge in [-0.1, -0.05) is 34.1 Å². The summed E-state index contributed by atoms with van der Waals surface area (Å²) in [6, 6.07) is 9.67. The Labute approximate surface area is 201 Å². The highest BCUT2D eigenvalue weighted by molar-refractivity contribution is 9.10. The zero-order valence-electron chi connectivity index (χ0n) is 17.5. The van der Waals surface area contributed by atoms with E-state index in [2.05, 4.69) is 25.6 Å². The van der Waals surface area contributed by atoms with Gasteiger partial charge in [0.1, 0.15) is 5.82 Å². The van der Waals surface area contributed by atoms with Gasteiger partial charge in [0.05, 0.1) is 23.7 Å². The highest BCUT2D eigenvalue weighted by Gasteiger charge is 2.31. The first-order valence-corrected chi connectivity index (χ1v) is 12.5. The van der Waals surface area contributed by atoms with Crippen LogP contribution in [0.25, 0.3) is 11.1 Å². The van der Waals surface area contributed by atoms with E-state index in [0.717, 1.165) is 30.1 Å². The van der Waals surface area contributed by atoms with E-state index in [-0.39, 0.29) is 34.2 Å². The molecule has 2 N–H and O–H groups in total. The van der Waals surface area contributed by atoms with Gasteiger partial charge in [0.2, 0.25) is 10.0 Å². The van der Waals surface area contributed by atoms with Crippen LogP contribution >= 0.6 is 15.9 Å². The van der Waals surface area contributed by atoms with Crippen molar-refractivity contribution in [2.75, 3.05) is 22.4 Å². The lowest BCUT2D eigenvalue weighted by molar-refractivity contribution is -0.137. The second-order valence-corrected chi connectivity index (χ2v) is 10.3. The van der Waals surface area contributed by atoms with Gasteiger partial charge in [0.25, 0.3) is 5.91 Å². The number of anilines is 2. The summed E-state index contributed by atoms with van der Waals surface area (Å²) >= 11 is 3.21. The monoisotopic (exact) mass is 555 g/mol. The molecule has 0 radical (unpaired) electrons. The number of sulfonamides is 1. The van der Waals surface area contributed by atoms with E-state index in [9.17, 15) is 31.5 Å². The van der Waals surface area contributed by atoms with Crippen molar-refractivity contribution in [2.24, 2.45) is 0 Å². The molecule has 1 aliphatic heterocycles. The molecule has 0 fully saturated rings. The van der Waals surface area contributed by atoms with Crippen molar-refractivity contribution in [3.8, 4) is 16.9 Å². The van der Waals surface area contributed by atoms with Gasteiger partial charge in [0.15, 0.2) is 5.75 Å². The Kier molecular flexibility index (Phi) is 6.06. The highest BCUT2D eigenvalue weighted by Crippen LogP contribution is 2.37. The molecule has 7 nitrogen and oxygen atoms in total. The fourth-order valence-electron chi connectivity index (χ4n) is 3.67. The lowest BCUT2D eigenvalue weighted by Crippen LogP contribution is -2.38. The summed E-state index contributed by atoms with van der Waals surface area (Å²) in [7, 11) is -3.66. The van der Waals surface area contributed by atoms with Gasteiger partial charge in [-0.3, -0.25) is 14.4 Å². The third-order valence-corrected chi connectivity index (χ3v) is 6.48. The molecule has 1 aromatic heterocycles. The van der Waals surface area contributed by atoms with Gasteiger partial charge in [-0.25, -0.2) is 13.4 Å². The number of nitrogens with one attached hydrogen (secondary N) is 1. The van der Waals surface area contributed by atoms with Crippen molar-refractivity contribution in [3.05, 3.63) is 69.8 Å². The van der Waals surface area contributed by atoms with Crippen LogP contribution in [0, 0.1) is 0 Å². The molecule has 0 saturated heterocycles. The van der Waals surface area contributed by atoms with Gasteiger partial charge in [-0.05, 0) is 41.3 Å². The molecule has 178 valence electrons. The highest BCUT2D eigenvalue weighted by atomic mass is 79.9. The minimum absolute atomic E-state index is 0.103. The summed E-state index contributed by atoms with van der Waals surface area (Å²) in [5, 5.41) is 9.88. The first-order valence-electron chi connectivity index (χ1n) is 9.82. The molecule has 1 aliphatic rings. The standard InChI is InChI=1S/C22H17BrF3N3O4S/c1-34(32,33)28-18-10-20(27-11-19(18)30)29-7-6-13-8-12(2-4-16(13)21(29)31)15-5-3-14(9-17(15)23)22(24,25)26/h2-5,8-11,30H,6-7H2,1H3,(H,27,28). The van der Waals surface area contributed by atoms with Crippen molar-refractivity contribution in [1.82, 2.24) is 4.98 Å². The van der Waals surface area contributed by atoms with E-state index in [1.165, 1.54) is 17.0 Å². The van der Waals surface area contributed by atoms with E-state index >= 15 is 0 Å². The van der Waals surface area contributed by atoms with E-state index in [1.807, 2.05) is 0 Å². The molecule has 0 unspecified atom stereocenters. The lowest BCUT2D eigenvalue weighted by Gasteiger charge is -2.28. The molecule has 0 saturated carbocycles. The number of benzene rings is 2. The van der Waals surface area contributed by atoms with E-state index in [4.69, 9.17) is 0 Å². The molecule has 3 aromatic rings. The van der Waals surface area contributed by atoms with Crippen molar-refractivity contribution in [2.45, 2.75) is 12.6 Å². The number of carbonyl (C=O) groups is 1. The number of hydrogen-bond acceptors (Lipinski definition) is 5. The number of halogens is 4. The van der Waals surface area contributed by atoms with Crippen LogP contribution < -0.4 is 9.62 Å². The SMILES string of the molecule is CS(=O)(=O)Nc1cc(N2CCc3cc(-c4ccc(C(F)(F)F)cc4Br)ccc3C2=O)ncc1O. The third-order valence-electron chi connectivity index (χ3n) is 5.23. The Morgan fingerprint density at radius 3 is 2.47 bits per heavy atom. The number of hydrogen-bond donors (Lipinski definition) is 2. The predicted octanol–water partition coefficient (Wildman–Crippen LogP) is 4.81. The Morgan fingerprint density at radius 2 is 1.82 bits per heavy atom. The summed E-state index contributed by atoms with van der Waals surface area (Å²) in [5.41, 5.74) is 1.46. The smallest absolute Gasteiger partial charge is 0.416 e. The Hall–Kier alpha value is -3.12. The minimum atomic E-state index is -4.45. The lowest BCUT2D eigenvalue weighted by atomic mass is 9.93. The van der Waals surface area contributed by atoms with E-state index in [1.54, 1.807) is 18.2 Å². The van der Waals surface area contributed by atoms with Crippen LogP contribution in [0.15, 0.2) is 53.1 Å². The summed E-state index contributed by atoms with van der Waals surface area (Å²) in [6.45, 7) is 0.236. The topological polar surface area (TPSA) is 99.6 Å². The molecular weight excluding hydrogens is 539 g/mol.